The molecular weight excluding hydrogens is 487 g/mol. The topological polar surface area (TPSA) is 72.2 Å². The molecule has 3 aliphatic rings. The Hall–Kier alpha value is -2.77. The summed E-state index contributed by atoms with van der Waals surface area (Å²) in [5, 5.41) is 16.6. The van der Waals surface area contributed by atoms with E-state index < -0.39 is 20.9 Å². The van der Waals surface area contributed by atoms with Crippen LogP contribution < -0.4 is 0 Å². The van der Waals surface area contributed by atoms with Crippen LogP contribution in [0.25, 0.3) is 11.8 Å². The van der Waals surface area contributed by atoms with Crippen LogP contribution in [-0.2, 0) is 22.7 Å². The number of aromatic nitrogens is 2. The second-order valence-corrected chi connectivity index (χ2v) is 13.2. The fourth-order valence-electron chi connectivity index (χ4n) is 6.73. The highest BCUT2D eigenvalue weighted by Crippen LogP contribution is 2.59. The van der Waals surface area contributed by atoms with Crippen molar-refractivity contribution >= 4 is 15.9 Å². The predicted molar refractivity (Wildman–Crippen MR) is 142 cm³/mol. The van der Waals surface area contributed by atoms with Gasteiger partial charge in [0.15, 0.2) is 9.84 Å². The third kappa shape index (κ3) is 3.98. The number of fused-ring (bicyclic) bond motifs is 2. The minimum absolute atomic E-state index is 0.251. The molecule has 2 aromatic carbocycles. The quantitative estimate of drug-likeness (QED) is 0.406. The maximum absolute atomic E-state index is 13.5. The van der Waals surface area contributed by atoms with Gasteiger partial charge in [0.25, 0.3) is 0 Å². The molecule has 2 atom stereocenters. The van der Waals surface area contributed by atoms with Gasteiger partial charge in [-0.15, -0.1) is 0 Å². The highest BCUT2D eigenvalue weighted by molar-refractivity contribution is 7.92. The molecule has 3 aliphatic carbocycles. The van der Waals surface area contributed by atoms with Crippen LogP contribution in [-0.4, -0.2) is 34.2 Å². The Labute approximate surface area is 218 Å². The molecule has 7 heteroatoms. The Morgan fingerprint density at radius 2 is 1.86 bits per heavy atom. The number of aryl methyl sites for hydroxylation is 1. The second kappa shape index (κ2) is 8.91. The molecule has 1 aromatic heterocycles. The summed E-state index contributed by atoms with van der Waals surface area (Å²) in [6.45, 7) is 2.15. The number of nitrogens with zero attached hydrogens (tertiary/aromatic N) is 2. The summed E-state index contributed by atoms with van der Waals surface area (Å²) in [5.74, 6) is -0.280. The molecule has 0 unspecified atom stereocenters. The van der Waals surface area contributed by atoms with Crippen molar-refractivity contribution in [2.24, 2.45) is 5.41 Å². The Morgan fingerprint density at radius 1 is 1.11 bits per heavy atom. The van der Waals surface area contributed by atoms with Crippen LogP contribution in [0, 0.1) is 11.2 Å². The first-order valence-corrected chi connectivity index (χ1v) is 14.9. The fraction of sp³-hybridized carbons (Fsp3) is 0.433. The molecule has 5 nitrogen and oxygen atoms in total. The van der Waals surface area contributed by atoms with Gasteiger partial charge in [-0.25, -0.2) is 17.5 Å². The SMILES string of the molecule is CCC[C@]12Cc3cnn(-c4ccc(F)cc4)c3C=C1CC[C@@]2(O)CCc1ccccc1S(=O)(=O)C1CC1. The van der Waals surface area contributed by atoms with Crippen molar-refractivity contribution in [1.29, 1.82) is 0 Å². The van der Waals surface area contributed by atoms with E-state index in [-0.39, 0.29) is 11.1 Å². The van der Waals surface area contributed by atoms with E-state index in [0.29, 0.717) is 30.6 Å². The number of hydrogen-bond donors (Lipinski definition) is 1. The van der Waals surface area contributed by atoms with Gasteiger partial charge in [0.2, 0.25) is 0 Å². The molecule has 1 N–H and O–H groups in total. The number of hydrogen-bond acceptors (Lipinski definition) is 4. The van der Waals surface area contributed by atoms with Crippen LogP contribution in [0.2, 0.25) is 0 Å². The molecule has 37 heavy (non-hydrogen) atoms. The van der Waals surface area contributed by atoms with Crippen molar-refractivity contribution < 1.29 is 17.9 Å². The van der Waals surface area contributed by atoms with Crippen LogP contribution >= 0.6 is 0 Å². The van der Waals surface area contributed by atoms with E-state index >= 15 is 0 Å². The van der Waals surface area contributed by atoms with Gasteiger partial charge in [-0.1, -0.05) is 37.1 Å². The van der Waals surface area contributed by atoms with Gasteiger partial charge in [-0.2, -0.15) is 5.10 Å². The van der Waals surface area contributed by atoms with Crippen LogP contribution in [0.1, 0.15) is 68.7 Å². The molecule has 2 saturated carbocycles. The molecule has 2 fully saturated rings. The van der Waals surface area contributed by atoms with Gasteiger partial charge in [-0.05, 0) is 98.9 Å². The average Bonchev–Trinajstić information content (AvgIpc) is 3.63. The van der Waals surface area contributed by atoms with Crippen molar-refractivity contribution in [3.8, 4) is 5.69 Å². The molecule has 0 spiro atoms. The van der Waals surface area contributed by atoms with Crippen molar-refractivity contribution in [3.63, 3.8) is 0 Å². The van der Waals surface area contributed by atoms with E-state index in [1.165, 1.54) is 17.7 Å². The first-order chi connectivity index (χ1) is 17.8. The third-order valence-electron chi connectivity index (χ3n) is 8.80. The lowest BCUT2D eigenvalue weighted by Gasteiger charge is -2.45. The number of sulfone groups is 1. The molecule has 0 bridgehead atoms. The highest BCUT2D eigenvalue weighted by Gasteiger charge is 2.57. The molecular formula is C30H33FN2O3S. The van der Waals surface area contributed by atoms with Crippen LogP contribution in [0.15, 0.2) is 65.2 Å². The number of aliphatic hydroxyl groups is 1. The number of rotatable bonds is 8. The normalized spacial score (nSPS) is 25.0. The molecule has 0 aliphatic heterocycles. The Morgan fingerprint density at radius 3 is 2.59 bits per heavy atom. The van der Waals surface area contributed by atoms with E-state index in [1.54, 1.807) is 24.3 Å². The predicted octanol–water partition coefficient (Wildman–Crippen LogP) is 5.83. The van der Waals surface area contributed by atoms with E-state index in [0.717, 1.165) is 54.6 Å². The van der Waals surface area contributed by atoms with Gasteiger partial charge in [0.05, 0.1) is 33.3 Å². The lowest BCUT2D eigenvalue weighted by Crippen LogP contribution is -2.47. The van der Waals surface area contributed by atoms with Crippen molar-refractivity contribution in [3.05, 3.63) is 82.9 Å². The molecule has 0 amide bonds. The molecule has 3 aromatic rings. The fourth-order valence-corrected chi connectivity index (χ4v) is 8.65. The lowest BCUT2D eigenvalue weighted by molar-refractivity contribution is -0.0594. The van der Waals surface area contributed by atoms with Crippen LogP contribution in [0.3, 0.4) is 0 Å². The summed E-state index contributed by atoms with van der Waals surface area (Å²) in [4.78, 5) is 0.436. The first kappa shape index (κ1) is 24.6. The summed E-state index contributed by atoms with van der Waals surface area (Å²) in [5.41, 5.74) is 3.62. The zero-order valence-electron chi connectivity index (χ0n) is 21.2. The second-order valence-electron chi connectivity index (χ2n) is 11.0. The van der Waals surface area contributed by atoms with Crippen LogP contribution in [0.5, 0.6) is 0 Å². The number of halogens is 1. The lowest BCUT2D eigenvalue weighted by atomic mass is 9.62. The standard InChI is InChI=1S/C30H33FN2O3S/c1-2-15-29-19-22-20-32-33(25-9-7-24(31)8-10-25)27(22)18-23(29)14-17-30(29,34)16-13-21-5-3-4-6-28(21)37(35,36)26-11-12-26/h3-10,18,20,26,34H,2,11-17,19H2,1H3/t29-,30-/m0/s1. The van der Waals surface area contributed by atoms with Gasteiger partial charge in [0, 0.05) is 5.41 Å². The molecule has 6 rings (SSSR count). The minimum atomic E-state index is -3.30. The molecule has 1 heterocycles. The zero-order valence-corrected chi connectivity index (χ0v) is 22.0. The van der Waals surface area contributed by atoms with Gasteiger partial charge in [0.1, 0.15) is 5.82 Å². The van der Waals surface area contributed by atoms with Crippen molar-refractivity contribution in [1.82, 2.24) is 9.78 Å². The zero-order chi connectivity index (χ0) is 25.8. The Bertz CT molecular complexity index is 1470. The van der Waals surface area contributed by atoms with E-state index in [4.69, 9.17) is 0 Å². The van der Waals surface area contributed by atoms with Gasteiger partial charge >= 0.3 is 0 Å². The van der Waals surface area contributed by atoms with Gasteiger partial charge < -0.3 is 5.11 Å². The Balaban J connectivity index is 1.32. The van der Waals surface area contributed by atoms with Gasteiger partial charge in [-0.3, -0.25) is 0 Å². The summed E-state index contributed by atoms with van der Waals surface area (Å²) >= 11 is 0. The summed E-state index contributed by atoms with van der Waals surface area (Å²) in [6, 6.07) is 13.7. The summed E-state index contributed by atoms with van der Waals surface area (Å²) in [6.07, 6.45) is 10.5. The van der Waals surface area contributed by atoms with Crippen molar-refractivity contribution in [2.45, 2.75) is 80.5 Å². The third-order valence-corrected chi connectivity index (χ3v) is 11.2. The Kier molecular flexibility index (Phi) is 5.92. The molecule has 0 saturated heterocycles. The smallest absolute Gasteiger partial charge is 0.181 e. The molecule has 0 radical (unpaired) electrons. The average molecular weight is 521 g/mol. The summed E-state index contributed by atoms with van der Waals surface area (Å²) in [7, 11) is -3.30. The first-order valence-electron chi connectivity index (χ1n) is 13.4. The summed E-state index contributed by atoms with van der Waals surface area (Å²) < 4.78 is 41.5. The number of benzene rings is 2. The van der Waals surface area contributed by atoms with E-state index in [1.807, 2.05) is 23.0 Å². The van der Waals surface area contributed by atoms with Crippen molar-refractivity contribution in [2.75, 3.05) is 0 Å². The van der Waals surface area contributed by atoms with E-state index in [2.05, 4.69) is 18.1 Å². The maximum atomic E-state index is 13.5. The maximum Gasteiger partial charge on any atom is 0.181 e. The molecule has 194 valence electrons. The highest BCUT2D eigenvalue weighted by atomic mass is 32.2. The van der Waals surface area contributed by atoms with Crippen LogP contribution in [0.4, 0.5) is 4.39 Å². The minimum Gasteiger partial charge on any atom is -0.389 e. The largest absolute Gasteiger partial charge is 0.389 e. The van der Waals surface area contributed by atoms with E-state index in [9.17, 15) is 17.9 Å². The monoisotopic (exact) mass is 520 g/mol.